The minimum absolute atomic E-state index is 0.0396. The number of rotatable bonds is 4. The van der Waals surface area contributed by atoms with Crippen LogP contribution in [0, 0.1) is 5.41 Å². The molecular weight excluding hydrogens is 396 g/mol. The van der Waals surface area contributed by atoms with Crippen LogP contribution in [-0.2, 0) is 19.9 Å². The van der Waals surface area contributed by atoms with Crippen molar-refractivity contribution < 1.29 is 14.3 Å². The maximum Gasteiger partial charge on any atom is 0.332 e. The van der Waals surface area contributed by atoms with Crippen molar-refractivity contribution in [2.45, 2.75) is 64.1 Å². The van der Waals surface area contributed by atoms with Crippen molar-refractivity contribution in [3.8, 4) is 0 Å². The van der Waals surface area contributed by atoms with Gasteiger partial charge in [0, 0.05) is 18.3 Å². The zero-order valence-corrected chi connectivity index (χ0v) is 17.5. The van der Waals surface area contributed by atoms with E-state index in [4.69, 9.17) is 9.47 Å². The molecule has 1 aromatic rings. The molecule has 1 N–H and O–H groups in total. The Morgan fingerprint density at radius 1 is 1.35 bits per heavy atom. The summed E-state index contributed by atoms with van der Waals surface area (Å²) in [5.74, 6) is -0.320. The number of nitrogens with zero attached hydrogens (tertiary/aromatic N) is 1. The van der Waals surface area contributed by atoms with Crippen LogP contribution in [0.15, 0.2) is 22.9 Å². The van der Waals surface area contributed by atoms with E-state index < -0.39 is 11.2 Å². The maximum atomic E-state index is 12.3. The third-order valence-electron chi connectivity index (χ3n) is 5.42. The van der Waals surface area contributed by atoms with E-state index in [1.165, 1.54) is 12.8 Å². The Morgan fingerprint density at radius 2 is 2.15 bits per heavy atom. The predicted molar refractivity (Wildman–Crippen MR) is 104 cm³/mol. The molecule has 1 aromatic heterocycles. The van der Waals surface area contributed by atoms with Crippen molar-refractivity contribution in [3.63, 3.8) is 0 Å². The molecule has 0 bridgehead atoms. The van der Waals surface area contributed by atoms with Gasteiger partial charge in [0.2, 0.25) is 0 Å². The first-order chi connectivity index (χ1) is 12.2. The van der Waals surface area contributed by atoms with Crippen LogP contribution in [0.3, 0.4) is 0 Å². The number of pyridine rings is 1. The predicted octanol–water partition coefficient (Wildman–Crippen LogP) is 3.95. The van der Waals surface area contributed by atoms with Crippen LogP contribution in [0.1, 0.15) is 58.4 Å². The van der Waals surface area contributed by atoms with Crippen molar-refractivity contribution in [2.75, 3.05) is 19.7 Å². The molecule has 1 spiro atoms. The Bertz CT molecular complexity index is 653. The van der Waals surface area contributed by atoms with Crippen molar-refractivity contribution in [1.82, 2.24) is 10.3 Å². The van der Waals surface area contributed by atoms with E-state index in [9.17, 15) is 4.79 Å². The fourth-order valence-corrected chi connectivity index (χ4v) is 4.98. The molecular formula is C20H29BrN2O3. The number of carbonyl (C=O) groups excluding carboxylic acids is 1. The zero-order valence-electron chi connectivity index (χ0n) is 15.9. The van der Waals surface area contributed by atoms with Gasteiger partial charge in [-0.15, -0.1) is 0 Å². The Balaban J connectivity index is 1.82. The minimum atomic E-state index is -0.507. The topological polar surface area (TPSA) is 60.5 Å². The first-order valence-corrected chi connectivity index (χ1v) is 10.2. The molecule has 0 aromatic carbocycles. The number of halogens is 1. The number of hydrogen-bond donors (Lipinski definition) is 1. The number of nitrogens with one attached hydrogen (secondary N) is 1. The molecule has 1 saturated carbocycles. The van der Waals surface area contributed by atoms with E-state index in [1.54, 1.807) is 6.20 Å². The van der Waals surface area contributed by atoms with Crippen LogP contribution in [0.5, 0.6) is 0 Å². The highest BCUT2D eigenvalue weighted by Crippen LogP contribution is 2.55. The Labute approximate surface area is 164 Å². The molecule has 0 amide bonds. The molecule has 2 fully saturated rings. The molecule has 1 aliphatic heterocycles. The van der Waals surface area contributed by atoms with Crippen LogP contribution >= 0.6 is 15.9 Å². The highest BCUT2D eigenvalue weighted by atomic mass is 79.9. The first-order valence-electron chi connectivity index (χ1n) is 9.41. The Kier molecular flexibility index (Phi) is 5.75. The third-order valence-corrected chi connectivity index (χ3v) is 6.05. The standard InChI is InChI=1S/C20H29BrN2O3/c1-18(2,3)26-16(24)12-25-20(15-6-4-11-23-17(15)21)9-8-19(13-20)7-5-10-22-14-19/h4,6,11,22H,5,7-10,12-14H2,1-3H3. The summed E-state index contributed by atoms with van der Waals surface area (Å²) >= 11 is 3.59. The minimum Gasteiger partial charge on any atom is -0.458 e. The van der Waals surface area contributed by atoms with E-state index in [2.05, 4.69) is 32.3 Å². The van der Waals surface area contributed by atoms with Gasteiger partial charge in [0.05, 0.1) is 5.60 Å². The normalized spacial score (nSPS) is 29.1. The molecule has 6 heteroatoms. The molecule has 1 aliphatic carbocycles. The summed E-state index contributed by atoms with van der Waals surface area (Å²) in [4.78, 5) is 16.6. The molecule has 2 aliphatic rings. The van der Waals surface area contributed by atoms with Gasteiger partial charge in [0.25, 0.3) is 0 Å². The number of piperidine rings is 1. The smallest absolute Gasteiger partial charge is 0.332 e. The number of aromatic nitrogens is 1. The zero-order chi connectivity index (χ0) is 18.8. The molecule has 2 unspecified atom stereocenters. The van der Waals surface area contributed by atoms with Crippen LogP contribution in [0.25, 0.3) is 0 Å². The van der Waals surface area contributed by atoms with Gasteiger partial charge in [0.15, 0.2) is 0 Å². The lowest BCUT2D eigenvalue weighted by atomic mass is 9.77. The number of hydrogen-bond acceptors (Lipinski definition) is 5. The molecule has 2 heterocycles. The monoisotopic (exact) mass is 424 g/mol. The van der Waals surface area contributed by atoms with Gasteiger partial charge < -0.3 is 14.8 Å². The van der Waals surface area contributed by atoms with Crippen molar-refractivity contribution >= 4 is 21.9 Å². The third kappa shape index (κ3) is 4.46. The van der Waals surface area contributed by atoms with Gasteiger partial charge in [-0.1, -0.05) is 6.07 Å². The highest BCUT2D eigenvalue weighted by Gasteiger charge is 2.51. The van der Waals surface area contributed by atoms with Gasteiger partial charge in [-0.3, -0.25) is 0 Å². The fourth-order valence-electron chi connectivity index (χ4n) is 4.37. The number of ether oxygens (including phenoxy) is 2. The van der Waals surface area contributed by atoms with Crippen LogP contribution in [0.4, 0.5) is 0 Å². The average Bonchev–Trinajstić information content (AvgIpc) is 2.92. The fraction of sp³-hybridized carbons (Fsp3) is 0.700. The molecule has 3 rings (SSSR count). The van der Waals surface area contributed by atoms with E-state index in [1.807, 2.05) is 26.8 Å². The molecule has 0 radical (unpaired) electrons. The van der Waals surface area contributed by atoms with Crippen LogP contribution in [-0.4, -0.2) is 36.3 Å². The summed E-state index contributed by atoms with van der Waals surface area (Å²) < 4.78 is 12.6. The second-order valence-corrected chi connectivity index (χ2v) is 9.42. The van der Waals surface area contributed by atoms with Crippen molar-refractivity contribution in [1.29, 1.82) is 0 Å². The summed E-state index contributed by atoms with van der Waals surface area (Å²) in [7, 11) is 0. The summed E-state index contributed by atoms with van der Waals surface area (Å²) in [6.07, 6.45) is 7.05. The summed E-state index contributed by atoms with van der Waals surface area (Å²) in [5, 5.41) is 3.54. The van der Waals surface area contributed by atoms with Crippen LogP contribution < -0.4 is 5.32 Å². The quantitative estimate of drug-likeness (QED) is 0.585. The van der Waals surface area contributed by atoms with Gasteiger partial charge in [0.1, 0.15) is 16.8 Å². The molecule has 5 nitrogen and oxygen atoms in total. The number of esters is 1. The van der Waals surface area contributed by atoms with E-state index in [0.717, 1.165) is 42.5 Å². The molecule has 2 atom stereocenters. The second kappa shape index (κ2) is 7.56. The molecule has 26 heavy (non-hydrogen) atoms. The van der Waals surface area contributed by atoms with Gasteiger partial charge in [-0.25, -0.2) is 9.78 Å². The maximum absolute atomic E-state index is 12.3. The lowest BCUT2D eigenvalue weighted by Crippen LogP contribution is -2.41. The SMILES string of the molecule is CC(C)(C)OC(=O)COC1(c2cccnc2Br)CCC2(CCCNC2)C1. The van der Waals surface area contributed by atoms with Crippen LogP contribution in [0.2, 0.25) is 0 Å². The van der Waals surface area contributed by atoms with Gasteiger partial charge in [-0.05, 0) is 86.8 Å². The summed E-state index contributed by atoms with van der Waals surface area (Å²) in [6, 6.07) is 3.99. The van der Waals surface area contributed by atoms with Crippen molar-refractivity contribution in [2.24, 2.45) is 5.41 Å². The number of carbonyl (C=O) groups is 1. The summed E-state index contributed by atoms with van der Waals surface area (Å²) in [5.41, 5.74) is 0.267. The Morgan fingerprint density at radius 3 is 2.81 bits per heavy atom. The second-order valence-electron chi connectivity index (χ2n) is 8.67. The lowest BCUT2D eigenvalue weighted by molar-refractivity contribution is -0.168. The molecule has 1 saturated heterocycles. The Hall–Kier alpha value is -0.980. The lowest BCUT2D eigenvalue weighted by Gasteiger charge is -2.37. The van der Waals surface area contributed by atoms with Crippen molar-refractivity contribution in [3.05, 3.63) is 28.5 Å². The van der Waals surface area contributed by atoms with Gasteiger partial charge in [-0.2, -0.15) is 0 Å². The first kappa shape index (κ1) is 19.8. The van der Waals surface area contributed by atoms with E-state index in [-0.39, 0.29) is 18.0 Å². The highest BCUT2D eigenvalue weighted by molar-refractivity contribution is 9.10. The van der Waals surface area contributed by atoms with Gasteiger partial charge >= 0.3 is 5.97 Å². The summed E-state index contributed by atoms with van der Waals surface area (Å²) in [6.45, 7) is 7.68. The average molecular weight is 425 g/mol. The van der Waals surface area contributed by atoms with E-state index >= 15 is 0 Å². The largest absolute Gasteiger partial charge is 0.458 e. The molecule has 144 valence electrons. The van der Waals surface area contributed by atoms with E-state index in [0.29, 0.717) is 0 Å².